The third kappa shape index (κ3) is 3.38. The van der Waals surface area contributed by atoms with Gasteiger partial charge in [-0.2, -0.15) is 0 Å². The number of aryl methyl sites for hydroxylation is 1. The minimum atomic E-state index is 0.548. The molecular weight excluding hydrogens is 200 g/mol. The molecule has 0 saturated heterocycles. The second-order valence-corrected chi connectivity index (χ2v) is 3.50. The van der Waals surface area contributed by atoms with Crippen molar-refractivity contribution in [3.8, 4) is 5.75 Å². The third-order valence-electron chi connectivity index (χ3n) is 1.86. The largest absolute Gasteiger partial charge is 0.493 e. The van der Waals surface area contributed by atoms with Crippen LogP contribution in [0.1, 0.15) is 18.4 Å². The van der Waals surface area contributed by atoms with Crippen LogP contribution in [-0.4, -0.2) is 12.9 Å². The second kappa shape index (κ2) is 5.66. The van der Waals surface area contributed by atoms with E-state index < -0.39 is 0 Å². The lowest BCUT2D eigenvalue weighted by Gasteiger charge is -2.07. The minimum Gasteiger partial charge on any atom is -0.493 e. The van der Waals surface area contributed by atoms with E-state index in [2.05, 4.69) is 0 Å². The quantitative estimate of drug-likeness (QED) is 0.554. The molecule has 14 heavy (non-hydrogen) atoms. The summed E-state index contributed by atoms with van der Waals surface area (Å²) in [6.45, 7) is 2.52. The highest BCUT2D eigenvalue weighted by Gasteiger charge is 1.99. The number of carbonyl (C=O) groups is 1. The van der Waals surface area contributed by atoms with Crippen LogP contribution in [0.2, 0.25) is 5.02 Å². The Balaban J connectivity index is 2.46. The number of carbonyl (C=O) groups excluding carboxylic acids is 1. The summed E-state index contributed by atoms with van der Waals surface area (Å²) in [6, 6.07) is 5.50. The molecule has 0 fully saturated rings. The number of halogens is 1. The van der Waals surface area contributed by atoms with Gasteiger partial charge in [-0.3, -0.25) is 0 Å². The molecule has 76 valence electrons. The zero-order valence-electron chi connectivity index (χ0n) is 8.13. The maximum Gasteiger partial charge on any atom is 0.122 e. The fraction of sp³-hybridized carbons (Fsp3) is 0.364. The van der Waals surface area contributed by atoms with Gasteiger partial charge in [0.2, 0.25) is 0 Å². The number of ether oxygens (including phenoxy) is 1. The fourth-order valence-corrected chi connectivity index (χ4v) is 1.35. The summed E-state index contributed by atoms with van der Waals surface area (Å²) in [4.78, 5) is 10.1. The molecule has 3 heteroatoms. The Morgan fingerprint density at radius 1 is 1.50 bits per heavy atom. The average molecular weight is 213 g/mol. The maximum absolute atomic E-state index is 10.1. The van der Waals surface area contributed by atoms with Gasteiger partial charge in [0.1, 0.15) is 12.0 Å². The molecule has 0 atom stereocenters. The molecule has 1 aromatic rings. The first-order valence-electron chi connectivity index (χ1n) is 4.56. The van der Waals surface area contributed by atoms with Gasteiger partial charge in [0.25, 0.3) is 0 Å². The first-order valence-corrected chi connectivity index (χ1v) is 4.94. The molecule has 0 aliphatic carbocycles. The van der Waals surface area contributed by atoms with E-state index in [1.54, 1.807) is 6.07 Å². The van der Waals surface area contributed by atoms with Gasteiger partial charge in [0, 0.05) is 11.4 Å². The fourth-order valence-electron chi connectivity index (χ4n) is 1.12. The van der Waals surface area contributed by atoms with Crippen molar-refractivity contribution in [2.24, 2.45) is 0 Å². The van der Waals surface area contributed by atoms with Crippen LogP contribution in [-0.2, 0) is 4.79 Å². The van der Waals surface area contributed by atoms with E-state index in [0.717, 1.165) is 24.0 Å². The number of hydrogen-bond donors (Lipinski definition) is 0. The van der Waals surface area contributed by atoms with E-state index in [9.17, 15) is 4.79 Å². The summed E-state index contributed by atoms with van der Waals surface area (Å²) in [7, 11) is 0. The van der Waals surface area contributed by atoms with E-state index in [1.165, 1.54) is 0 Å². The van der Waals surface area contributed by atoms with Gasteiger partial charge >= 0.3 is 0 Å². The first kappa shape index (κ1) is 11.1. The number of hydrogen-bond acceptors (Lipinski definition) is 2. The smallest absolute Gasteiger partial charge is 0.122 e. The van der Waals surface area contributed by atoms with E-state index in [-0.39, 0.29) is 0 Å². The van der Waals surface area contributed by atoms with Crippen LogP contribution in [0, 0.1) is 6.92 Å². The highest BCUT2D eigenvalue weighted by Crippen LogP contribution is 2.21. The van der Waals surface area contributed by atoms with Crippen molar-refractivity contribution in [1.82, 2.24) is 0 Å². The summed E-state index contributed by atoms with van der Waals surface area (Å²) in [6.07, 6.45) is 2.20. The van der Waals surface area contributed by atoms with Crippen LogP contribution in [0.5, 0.6) is 5.75 Å². The lowest BCUT2D eigenvalue weighted by atomic mass is 10.2. The van der Waals surface area contributed by atoms with Crippen molar-refractivity contribution < 1.29 is 9.53 Å². The predicted octanol–water partition coefficient (Wildman–Crippen LogP) is 3.01. The molecule has 2 nitrogen and oxygen atoms in total. The van der Waals surface area contributed by atoms with Gasteiger partial charge in [0.05, 0.1) is 6.61 Å². The molecule has 0 amide bonds. The third-order valence-corrected chi connectivity index (χ3v) is 2.10. The van der Waals surface area contributed by atoms with Crippen LogP contribution in [0.15, 0.2) is 18.2 Å². The molecule has 1 aromatic carbocycles. The molecule has 0 aromatic heterocycles. The number of benzene rings is 1. The monoisotopic (exact) mass is 212 g/mol. The van der Waals surface area contributed by atoms with Crippen molar-refractivity contribution in [2.75, 3.05) is 6.61 Å². The molecule has 0 N–H and O–H groups in total. The van der Waals surface area contributed by atoms with Gasteiger partial charge in [-0.1, -0.05) is 11.6 Å². The normalized spacial score (nSPS) is 9.86. The summed E-state index contributed by atoms with van der Waals surface area (Å²) < 4.78 is 5.48. The lowest BCUT2D eigenvalue weighted by Crippen LogP contribution is -1.98. The molecule has 0 radical (unpaired) electrons. The molecule has 1 rings (SSSR count). The van der Waals surface area contributed by atoms with E-state index in [1.807, 2.05) is 19.1 Å². The van der Waals surface area contributed by atoms with Gasteiger partial charge in [0.15, 0.2) is 0 Å². The Kier molecular flexibility index (Phi) is 4.47. The van der Waals surface area contributed by atoms with Crippen LogP contribution in [0.25, 0.3) is 0 Å². The van der Waals surface area contributed by atoms with Crippen molar-refractivity contribution in [3.05, 3.63) is 28.8 Å². The number of aldehydes is 1. The molecule has 0 bridgehead atoms. The molecular formula is C11H13ClO2. The van der Waals surface area contributed by atoms with Crippen molar-refractivity contribution in [1.29, 1.82) is 0 Å². The summed E-state index contributed by atoms with van der Waals surface area (Å²) in [5.74, 6) is 0.834. The number of unbranched alkanes of at least 4 members (excludes halogenated alkanes) is 1. The second-order valence-electron chi connectivity index (χ2n) is 3.07. The zero-order chi connectivity index (χ0) is 10.4. The van der Waals surface area contributed by atoms with Crippen LogP contribution in [0.4, 0.5) is 0 Å². The predicted molar refractivity (Wildman–Crippen MR) is 57.0 cm³/mol. The van der Waals surface area contributed by atoms with Crippen LogP contribution >= 0.6 is 11.6 Å². The Hall–Kier alpha value is -1.02. The minimum absolute atomic E-state index is 0.548. The summed E-state index contributed by atoms with van der Waals surface area (Å²) in [5.41, 5.74) is 1.02. The molecule has 0 saturated carbocycles. The number of rotatable bonds is 5. The van der Waals surface area contributed by atoms with Gasteiger partial charge in [-0.15, -0.1) is 0 Å². The summed E-state index contributed by atoms with van der Waals surface area (Å²) in [5, 5.41) is 0.711. The lowest BCUT2D eigenvalue weighted by molar-refractivity contribution is -0.108. The molecule has 0 aliphatic heterocycles. The van der Waals surface area contributed by atoms with E-state index in [0.29, 0.717) is 18.1 Å². The average Bonchev–Trinajstić information content (AvgIpc) is 2.15. The standard InChI is InChI=1S/C11H13ClO2/c1-9-8-10(12)4-5-11(9)14-7-3-2-6-13/h4-6,8H,2-3,7H2,1H3. The molecule has 0 heterocycles. The van der Waals surface area contributed by atoms with E-state index >= 15 is 0 Å². The maximum atomic E-state index is 10.1. The SMILES string of the molecule is Cc1cc(Cl)ccc1OCCCC=O. The van der Waals surface area contributed by atoms with Gasteiger partial charge in [-0.05, 0) is 37.1 Å². The van der Waals surface area contributed by atoms with Gasteiger partial charge < -0.3 is 9.53 Å². The Bertz CT molecular complexity index is 310. The van der Waals surface area contributed by atoms with Crippen molar-refractivity contribution in [3.63, 3.8) is 0 Å². The Morgan fingerprint density at radius 3 is 2.93 bits per heavy atom. The topological polar surface area (TPSA) is 26.3 Å². The summed E-state index contributed by atoms with van der Waals surface area (Å²) >= 11 is 5.80. The molecule has 0 spiro atoms. The van der Waals surface area contributed by atoms with E-state index in [4.69, 9.17) is 16.3 Å². The van der Waals surface area contributed by atoms with Gasteiger partial charge in [-0.25, -0.2) is 0 Å². The highest BCUT2D eigenvalue weighted by molar-refractivity contribution is 6.30. The molecule has 0 aliphatic rings. The van der Waals surface area contributed by atoms with Crippen LogP contribution in [0.3, 0.4) is 0 Å². The van der Waals surface area contributed by atoms with Crippen LogP contribution < -0.4 is 4.74 Å². The zero-order valence-corrected chi connectivity index (χ0v) is 8.88. The Labute approximate surface area is 88.8 Å². The Morgan fingerprint density at radius 2 is 2.29 bits per heavy atom. The molecule has 0 unspecified atom stereocenters. The first-order chi connectivity index (χ1) is 6.74. The highest BCUT2D eigenvalue weighted by atomic mass is 35.5. The van der Waals surface area contributed by atoms with Crippen molar-refractivity contribution in [2.45, 2.75) is 19.8 Å². The van der Waals surface area contributed by atoms with Crippen molar-refractivity contribution >= 4 is 17.9 Å².